The van der Waals surface area contributed by atoms with E-state index in [0.29, 0.717) is 0 Å². The highest BCUT2D eigenvalue weighted by Gasteiger charge is 2.16. The van der Waals surface area contributed by atoms with Crippen LogP contribution in [0.15, 0.2) is 30.3 Å². The largest absolute Gasteiger partial charge is 0.352 e. The van der Waals surface area contributed by atoms with Crippen molar-refractivity contribution in [2.45, 2.75) is 45.2 Å². The number of nitrogens with one attached hydrogen (secondary N) is 1. The van der Waals surface area contributed by atoms with E-state index in [9.17, 15) is 4.79 Å². The number of unbranched alkanes of at least 4 members (excludes halogenated alkanes) is 1. The van der Waals surface area contributed by atoms with Gasteiger partial charge >= 0.3 is 0 Å². The highest BCUT2D eigenvalue weighted by molar-refractivity contribution is 5.83. The van der Waals surface area contributed by atoms with Crippen molar-refractivity contribution >= 4 is 5.91 Å². The van der Waals surface area contributed by atoms with E-state index in [1.165, 1.54) is 0 Å². The fraction of sp³-hybridized carbons (Fsp3) is 0.500. The van der Waals surface area contributed by atoms with Crippen LogP contribution in [0.25, 0.3) is 0 Å². The van der Waals surface area contributed by atoms with Gasteiger partial charge in [0, 0.05) is 6.04 Å². The highest BCUT2D eigenvalue weighted by Crippen LogP contribution is 2.10. The average Bonchev–Trinajstić information content (AvgIpc) is 2.36. The summed E-state index contributed by atoms with van der Waals surface area (Å²) in [6.45, 7) is 4.16. The second-order valence-electron chi connectivity index (χ2n) is 4.44. The molecule has 2 unspecified atom stereocenters. The van der Waals surface area contributed by atoms with Crippen molar-refractivity contribution in [2.75, 3.05) is 0 Å². The van der Waals surface area contributed by atoms with E-state index in [0.717, 1.165) is 24.8 Å². The Labute approximate surface area is 103 Å². The van der Waals surface area contributed by atoms with E-state index < -0.39 is 6.04 Å². The second kappa shape index (κ2) is 7.07. The molecule has 1 aromatic carbocycles. The van der Waals surface area contributed by atoms with Crippen molar-refractivity contribution < 1.29 is 4.79 Å². The van der Waals surface area contributed by atoms with Crippen molar-refractivity contribution in [2.24, 2.45) is 5.73 Å². The number of benzene rings is 1. The zero-order valence-corrected chi connectivity index (χ0v) is 10.6. The van der Waals surface area contributed by atoms with Crippen LogP contribution < -0.4 is 11.1 Å². The number of carbonyl (C=O) groups is 1. The Morgan fingerprint density at radius 1 is 1.35 bits per heavy atom. The zero-order valence-electron chi connectivity index (χ0n) is 10.6. The lowest BCUT2D eigenvalue weighted by molar-refractivity contribution is -0.123. The van der Waals surface area contributed by atoms with Gasteiger partial charge in [-0.1, -0.05) is 50.1 Å². The molecule has 0 radical (unpaired) electrons. The topological polar surface area (TPSA) is 55.1 Å². The fourth-order valence-electron chi connectivity index (χ4n) is 1.73. The monoisotopic (exact) mass is 234 g/mol. The van der Waals surface area contributed by atoms with Gasteiger partial charge in [0.2, 0.25) is 5.91 Å². The van der Waals surface area contributed by atoms with Crippen LogP contribution in [-0.2, 0) is 4.79 Å². The molecule has 3 nitrogen and oxygen atoms in total. The first-order valence-electron chi connectivity index (χ1n) is 6.26. The molecular formula is C14H22N2O. The third-order valence-electron chi connectivity index (χ3n) is 2.82. The van der Waals surface area contributed by atoms with Gasteiger partial charge in [-0.3, -0.25) is 4.79 Å². The number of hydrogen-bond donors (Lipinski definition) is 2. The molecule has 1 aromatic rings. The van der Waals surface area contributed by atoms with Crippen molar-refractivity contribution in [1.82, 2.24) is 5.32 Å². The molecule has 0 saturated heterocycles. The molecule has 1 rings (SSSR count). The summed E-state index contributed by atoms with van der Waals surface area (Å²) in [5.74, 6) is -0.0974. The third kappa shape index (κ3) is 4.57. The Morgan fingerprint density at radius 3 is 2.59 bits per heavy atom. The molecule has 0 fully saturated rings. The molecule has 0 aliphatic carbocycles. The van der Waals surface area contributed by atoms with Gasteiger partial charge < -0.3 is 11.1 Å². The predicted molar refractivity (Wildman–Crippen MR) is 70.5 cm³/mol. The van der Waals surface area contributed by atoms with Gasteiger partial charge in [0.25, 0.3) is 0 Å². The summed E-state index contributed by atoms with van der Waals surface area (Å²) < 4.78 is 0. The molecule has 1 amide bonds. The maximum atomic E-state index is 11.9. The number of rotatable bonds is 6. The van der Waals surface area contributed by atoms with Gasteiger partial charge in [0.15, 0.2) is 0 Å². The molecule has 94 valence electrons. The van der Waals surface area contributed by atoms with Crippen LogP contribution in [0.3, 0.4) is 0 Å². The molecular weight excluding hydrogens is 212 g/mol. The van der Waals surface area contributed by atoms with Crippen LogP contribution >= 0.6 is 0 Å². The number of nitrogens with two attached hydrogens (primary N) is 1. The minimum Gasteiger partial charge on any atom is -0.352 e. The van der Waals surface area contributed by atoms with E-state index in [1.54, 1.807) is 0 Å². The molecule has 2 atom stereocenters. The molecule has 0 aliphatic heterocycles. The quantitative estimate of drug-likeness (QED) is 0.794. The van der Waals surface area contributed by atoms with Crippen LogP contribution in [0.1, 0.15) is 44.7 Å². The van der Waals surface area contributed by atoms with Crippen molar-refractivity contribution in [1.29, 1.82) is 0 Å². The molecule has 0 aliphatic rings. The molecule has 0 bridgehead atoms. The molecule has 0 spiro atoms. The van der Waals surface area contributed by atoms with Crippen molar-refractivity contribution in [3.05, 3.63) is 35.9 Å². The lowest BCUT2D eigenvalue weighted by Gasteiger charge is -2.17. The third-order valence-corrected chi connectivity index (χ3v) is 2.82. The smallest absolute Gasteiger partial charge is 0.241 e. The summed E-state index contributed by atoms with van der Waals surface area (Å²) in [7, 11) is 0. The normalized spacial score (nSPS) is 14.1. The standard InChI is InChI=1S/C14H22N2O/c1-3-4-8-11(2)16-14(17)13(15)12-9-6-5-7-10-12/h5-7,9-11,13H,3-4,8,15H2,1-2H3,(H,16,17). The van der Waals surface area contributed by atoms with E-state index in [1.807, 2.05) is 37.3 Å². The number of amides is 1. The molecule has 3 heteroatoms. The minimum absolute atomic E-state index is 0.0974. The zero-order chi connectivity index (χ0) is 12.7. The van der Waals surface area contributed by atoms with Gasteiger partial charge in [-0.05, 0) is 18.9 Å². The first-order chi connectivity index (χ1) is 8.15. The Bertz CT molecular complexity index is 337. The van der Waals surface area contributed by atoms with E-state index in [-0.39, 0.29) is 11.9 Å². The Hall–Kier alpha value is -1.35. The Balaban J connectivity index is 2.47. The maximum absolute atomic E-state index is 11.9. The fourth-order valence-corrected chi connectivity index (χ4v) is 1.73. The lowest BCUT2D eigenvalue weighted by Crippen LogP contribution is -2.39. The van der Waals surface area contributed by atoms with Gasteiger partial charge in [-0.15, -0.1) is 0 Å². The maximum Gasteiger partial charge on any atom is 0.241 e. The van der Waals surface area contributed by atoms with E-state index in [4.69, 9.17) is 5.73 Å². The van der Waals surface area contributed by atoms with E-state index in [2.05, 4.69) is 12.2 Å². The van der Waals surface area contributed by atoms with Crippen LogP contribution in [-0.4, -0.2) is 11.9 Å². The SMILES string of the molecule is CCCCC(C)NC(=O)C(N)c1ccccc1. The Morgan fingerprint density at radius 2 is 2.00 bits per heavy atom. The predicted octanol–water partition coefficient (Wildman–Crippen LogP) is 2.38. The first kappa shape index (κ1) is 13.7. The lowest BCUT2D eigenvalue weighted by atomic mass is 10.1. The van der Waals surface area contributed by atoms with Crippen LogP contribution in [0, 0.1) is 0 Å². The minimum atomic E-state index is -0.569. The summed E-state index contributed by atoms with van der Waals surface area (Å²) in [5, 5.41) is 2.95. The summed E-state index contributed by atoms with van der Waals surface area (Å²) in [4.78, 5) is 11.9. The molecule has 0 saturated carbocycles. The number of hydrogen-bond acceptors (Lipinski definition) is 2. The molecule has 0 aromatic heterocycles. The van der Waals surface area contributed by atoms with Gasteiger partial charge in [-0.25, -0.2) is 0 Å². The molecule has 3 N–H and O–H groups in total. The highest BCUT2D eigenvalue weighted by atomic mass is 16.2. The van der Waals surface area contributed by atoms with Crippen molar-refractivity contribution in [3.8, 4) is 0 Å². The first-order valence-corrected chi connectivity index (χ1v) is 6.26. The number of carbonyl (C=O) groups excluding carboxylic acids is 1. The van der Waals surface area contributed by atoms with Crippen LogP contribution in [0.2, 0.25) is 0 Å². The Kier molecular flexibility index (Phi) is 5.70. The molecule has 17 heavy (non-hydrogen) atoms. The second-order valence-corrected chi connectivity index (χ2v) is 4.44. The van der Waals surface area contributed by atoms with Gasteiger partial charge in [0.05, 0.1) is 0 Å². The summed E-state index contributed by atoms with van der Waals surface area (Å²) >= 11 is 0. The van der Waals surface area contributed by atoms with Crippen molar-refractivity contribution in [3.63, 3.8) is 0 Å². The van der Waals surface area contributed by atoms with Gasteiger partial charge in [-0.2, -0.15) is 0 Å². The summed E-state index contributed by atoms with van der Waals surface area (Å²) in [6.07, 6.45) is 3.27. The average molecular weight is 234 g/mol. The summed E-state index contributed by atoms with van der Waals surface area (Å²) in [6, 6.07) is 9.07. The molecule has 0 heterocycles. The van der Waals surface area contributed by atoms with Crippen LogP contribution in [0.5, 0.6) is 0 Å². The van der Waals surface area contributed by atoms with Gasteiger partial charge in [0.1, 0.15) is 6.04 Å². The summed E-state index contributed by atoms with van der Waals surface area (Å²) in [5.41, 5.74) is 6.76. The van der Waals surface area contributed by atoms with E-state index >= 15 is 0 Å². The van der Waals surface area contributed by atoms with Crippen LogP contribution in [0.4, 0.5) is 0 Å².